The molecule has 28 heavy (non-hydrogen) atoms. The lowest BCUT2D eigenvalue weighted by Gasteiger charge is -2.32. The Morgan fingerprint density at radius 3 is 2.36 bits per heavy atom. The van der Waals surface area contributed by atoms with E-state index in [0.29, 0.717) is 18.2 Å². The van der Waals surface area contributed by atoms with Gasteiger partial charge >= 0.3 is 0 Å². The van der Waals surface area contributed by atoms with Gasteiger partial charge in [0.1, 0.15) is 0 Å². The molecule has 0 bridgehead atoms. The number of carbonyl (C=O) groups excluding carboxylic acids is 1. The van der Waals surface area contributed by atoms with Crippen molar-refractivity contribution in [2.75, 3.05) is 10.7 Å². The molecule has 0 fully saturated rings. The minimum absolute atomic E-state index is 0.165. The standard InChI is InChI=1S/C20H18N4O2S2/c1-2-11-23-18(21-22-20(23)27-13-19(25)26)12-24-14-7-3-5-9-16(14)28-17-10-6-4-8-15(17)24/h2-10H,1,11-13H2,(H,25,26)/p-1. The normalized spacial score (nSPS) is 12.4. The van der Waals surface area contributed by atoms with E-state index in [1.165, 1.54) is 9.79 Å². The molecule has 142 valence electrons. The number of thioether (sulfide) groups is 1. The first-order valence-electron chi connectivity index (χ1n) is 8.66. The van der Waals surface area contributed by atoms with Crippen LogP contribution in [0, 0.1) is 0 Å². The van der Waals surface area contributed by atoms with Gasteiger partial charge in [0.2, 0.25) is 0 Å². The third-order valence-corrected chi connectivity index (χ3v) is 6.33. The minimum atomic E-state index is -1.13. The summed E-state index contributed by atoms with van der Waals surface area (Å²) in [6, 6.07) is 16.5. The molecule has 2 aromatic carbocycles. The molecular weight excluding hydrogens is 392 g/mol. The molecule has 0 saturated carbocycles. The van der Waals surface area contributed by atoms with Gasteiger partial charge in [-0.25, -0.2) is 0 Å². The molecule has 4 rings (SSSR count). The second-order valence-corrected chi connectivity index (χ2v) is 8.11. The molecule has 6 nitrogen and oxygen atoms in total. The molecule has 3 aromatic rings. The van der Waals surface area contributed by atoms with Crippen molar-refractivity contribution in [2.45, 2.75) is 28.0 Å². The first-order valence-corrected chi connectivity index (χ1v) is 10.5. The Hall–Kier alpha value is -2.71. The molecule has 0 unspecified atom stereocenters. The van der Waals surface area contributed by atoms with Crippen LogP contribution in [0.3, 0.4) is 0 Å². The minimum Gasteiger partial charge on any atom is -0.549 e. The van der Waals surface area contributed by atoms with Gasteiger partial charge in [-0.05, 0) is 24.3 Å². The highest BCUT2D eigenvalue weighted by Gasteiger charge is 2.25. The molecule has 2 heterocycles. The summed E-state index contributed by atoms with van der Waals surface area (Å²) in [5, 5.41) is 19.9. The molecule has 0 spiro atoms. The zero-order chi connectivity index (χ0) is 19.5. The van der Waals surface area contributed by atoms with Crippen molar-refractivity contribution in [3.8, 4) is 0 Å². The van der Waals surface area contributed by atoms with Crippen molar-refractivity contribution in [1.82, 2.24) is 14.8 Å². The molecule has 1 aliphatic rings. The summed E-state index contributed by atoms with van der Waals surface area (Å²) in [6.07, 6.45) is 1.75. The number of carboxylic acid groups (broad SMARTS) is 1. The van der Waals surface area contributed by atoms with Crippen LogP contribution in [0.1, 0.15) is 5.82 Å². The van der Waals surface area contributed by atoms with Crippen LogP contribution < -0.4 is 10.0 Å². The molecule has 0 amide bonds. The van der Waals surface area contributed by atoms with Crippen molar-refractivity contribution in [3.05, 3.63) is 67.0 Å². The van der Waals surface area contributed by atoms with Crippen molar-refractivity contribution >= 4 is 40.9 Å². The number of allylic oxidation sites excluding steroid dienone is 1. The Balaban J connectivity index is 1.71. The van der Waals surface area contributed by atoms with E-state index in [2.05, 4.69) is 45.9 Å². The third kappa shape index (κ3) is 3.65. The number of hydrogen-bond donors (Lipinski definition) is 0. The summed E-state index contributed by atoms with van der Waals surface area (Å²) in [4.78, 5) is 15.4. The summed E-state index contributed by atoms with van der Waals surface area (Å²) in [5.74, 6) is -0.547. The molecule has 1 aliphatic heterocycles. The number of fused-ring (bicyclic) bond motifs is 2. The summed E-state index contributed by atoms with van der Waals surface area (Å²) >= 11 is 2.86. The predicted molar refractivity (Wildman–Crippen MR) is 109 cm³/mol. The smallest absolute Gasteiger partial charge is 0.191 e. The highest BCUT2D eigenvalue weighted by atomic mass is 32.2. The number of aliphatic carboxylic acids is 1. The van der Waals surface area contributed by atoms with Crippen molar-refractivity contribution in [2.24, 2.45) is 0 Å². The number of carbonyl (C=O) groups is 1. The van der Waals surface area contributed by atoms with E-state index in [1.807, 2.05) is 28.8 Å². The fourth-order valence-corrected chi connectivity index (χ4v) is 4.85. The summed E-state index contributed by atoms with van der Waals surface area (Å²) in [6.45, 7) is 4.82. The quantitative estimate of drug-likeness (QED) is 0.438. The zero-order valence-corrected chi connectivity index (χ0v) is 16.6. The Morgan fingerprint density at radius 2 is 1.75 bits per heavy atom. The van der Waals surface area contributed by atoms with E-state index in [9.17, 15) is 9.90 Å². The van der Waals surface area contributed by atoms with Crippen LogP contribution >= 0.6 is 23.5 Å². The van der Waals surface area contributed by atoms with E-state index in [0.717, 1.165) is 29.0 Å². The van der Waals surface area contributed by atoms with Crippen LogP contribution in [0.4, 0.5) is 11.4 Å². The Labute approximate surface area is 171 Å². The number of anilines is 2. The van der Waals surface area contributed by atoms with Gasteiger partial charge in [0, 0.05) is 22.1 Å². The lowest BCUT2D eigenvalue weighted by atomic mass is 10.2. The first-order chi connectivity index (χ1) is 13.7. The third-order valence-electron chi connectivity index (χ3n) is 4.26. The van der Waals surface area contributed by atoms with Crippen LogP contribution in [0.25, 0.3) is 0 Å². The zero-order valence-electron chi connectivity index (χ0n) is 14.9. The summed E-state index contributed by atoms with van der Waals surface area (Å²) < 4.78 is 1.90. The van der Waals surface area contributed by atoms with E-state index >= 15 is 0 Å². The van der Waals surface area contributed by atoms with Gasteiger partial charge in [-0.1, -0.05) is 53.9 Å². The molecule has 0 atom stereocenters. The van der Waals surface area contributed by atoms with Crippen LogP contribution in [0.5, 0.6) is 0 Å². The number of carboxylic acids is 1. The van der Waals surface area contributed by atoms with Gasteiger partial charge in [0.15, 0.2) is 11.0 Å². The Morgan fingerprint density at radius 1 is 1.11 bits per heavy atom. The van der Waals surface area contributed by atoms with E-state index < -0.39 is 5.97 Å². The average molecular weight is 410 g/mol. The SMILES string of the molecule is C=CCn1c(CN2c3ccccc3Sc3ccccc32)nnc1SCC(=O)[O-]. The van der Waals surface area contributed by atoms with Gasteiger partial charge < -0.3 is 19.4 Å². The number of hydrogen-bond acceptors (Lipinski definition) is 7. The molecule has 0 saturated heterocycles. The molecule has 1 aromatic heterocycles. The molecule has 0 aliphatic carbocycles. The van der Waals surface area contributed by atoms with Gasteiger partial charge in [0.05, 0.1) is 23.9 Å². The average Bonchev–Trinajstić information content (AvgIpc) is 3.08. The largest absolute Gasteiger partial charge is 0.549 e. The summed E-state index contributed by atoms with van der Waals surface area (Å²) in [7, 11) is 0. The maximum Gasteiger partial charge on any atom is 0.191 e. The number of rotatable bonds is 7. The van der Waals surface area contributed by atoms with Gasteiger partial charge in [-0.15, -0.1) is 16.8 Å². The molecular formula is C20H17N4O2S2-. The maximum absolute atomic E-state index is 10.8. The Kier molecular flexibility index (Phi) is 5.40. The van der Waals surface area contributed by atoms with Crippen LogP contribution in [-0.4, -0.2) is 26.5 Å². The van der Waals surface area contributed by atoms with Crippen molar-refractivity contribution in [3.63, 3.8) is 0 Å². The van der Waals surface area contributed by atoms with Gasteiger partial charge in [0.25, 0.3) is 0 Å². The van der Waals surface area contributed by atoms with Gasteiger partial charge in [-0.2, -0.15) is 0 Å². The summed E-state index contributed by atoms with van der Waals surface area (Å²) in [5.41, 5.74) is 2.23. The van der Waals surface area contributed by atoms with Crippen LogP contribution in [0.2, 0.25) is 0 Å². The van der Waals surface area contributed by atoms with Crippen LogP contribution in [-0.2, 0) is 17.9 Å². The fourth-order valence-electron chi connectivity index (χ4n) is 3.07. The number of benzene rings is 2. The topological polar surface area (TPSA) is 74.1 Å². The number of aromatic nitrogens is 3. The first kappa shape index (κ1) is 18.6. The van der Waals surface area contributed by atoms with Crippen LogP contribution in [0.15, 0.2) is 76.1 Å². The van der Waals surface area contributed by atoms with Crippen molar-refractivity contribution < 1.29 is 9.90 Å². The molecule has 0 N–H and O–H groups in total. The lowest BCUT2D eigenvalue weighted by molar-refractivity contribution is -0.301. The second-order valence-electron chi connectivity index (χ2n) is 6.08. The van der Waals surface area contributed by atoms with Gasteiger partial charge in [-0.3, -0.25) is 0 Å². The number of nitrogens with zero attached hydrogens (tertiary/aromatic N) is 4. The molecule has 8 heteroatoms. The Bertz CT molecular complexity index is 989. The predicted octanol–water partition coefficient (Wildman–Crippen LogP) is 3.11. The fraction of sp³-hybridized carbons (Fsp3) is 0.150. The van der Waals surface area contributed by atoms with E-state index in [4.69, 9.17) is 0 Å². The van der Waals surface area contributed by atoms with E-state index in [1.54, 1.807) is 17.8 Å². The molecule has 0 radical (unpaired) electrons. The van der Waals surface area contributed by atoms with Crippen molar-refractivity contribution in [1.29, 1.82) is 0 Å². The monoisotopic (exact) mass is 409 g/mol. The lowest BCUT2D eigenvalue weighted by Crippen LogP contribution is -2.25. The maximum atomic E-state index is 10.8. The van der Waals surface area contributed by atoms with E-state index in [-0.39, 0.29) is 5.75 Å². The highest BCUT2D eigenvalue weighted by molar-refractivity contribution is 8.00. The number of para-hydroxylation sites is 2. The second kappa shape index (κ2) is 8.12. The highest BCUT2D eigenvalue weighted by Crippen LogP contribution is 2.48.